The van der Waals surface area contributed by atoms with Gasteiger partial charge in [-0.2, -0.15) is 0 Å². The van der Waals surface area contributed by atoms with Gasteiger partial charge < -0.3 is 11.1 Å². The minimum Gasteiger partial charge on any atom is -0.324 e. The number of carbonyl (C=O) groups is 1. The average Bonchev–Trinajstić information content (AvgIpc) is 2.63. The second-order valence-corrected chi connectivity index (χ2v) is 8.54. The van der Waals surface area contributed by atoms with Crippen molar-refractivity contribution in [1.29, 1.82) is 0 Å². The van der Waals surface area contributed by atoms with Crippen LogP contribution in [0.25, 0.3) is 0 Å². The van der Waals surface area contributed by atoms with E-state index in [1.165, 1.54) is 0 Å². The van der Waals surface area contributed by atoms with Gasteiger partial charge in [0.1, 0.15) is 0 Å². The molecule has 0 heterocycles. The summed E-state index contributed by atoms with van der Waals surface area (Å²) in [7, 11) is -0.993. The van der Waals surface area contributed by atoms with Crippen LogP contribution in [0, 0.1) is 0 Å². The molecule has 1 saturated carbocycles. The lowest BCUT2D eigenvalue weighted by atomic mass is 9.82. The van der Waals surface area contributed by atoms with Crippen LogP contribution in [0.5, 0.6) is 0 Å². The van der Waals surface area contributed by atoms with E-state index in [9.17, 15) is 9.00 Å². The number of nitrogens with two attached hydrogens (primary N) is 1. The SMILES string of the molecule is Cl.NC1(C(=O)Nc2cccc(CS(=O)Cc3ccccc3)c2)CCCCC1. The molecule has 1 amide bonds. The zero-order valence-corrected chi connectivity index (χ0v) is 17.0. The van der Waals surface area contributed by atoms with Crippen molar-refractivity contribution in [3.63, 3.8) is 0 Å². The van der Waals surface area contributed by atoms with Gasteiger partial charge >= 0.3 is 0 Å². The highest BCUT2D eigenvalue weighted by Crippen LogP contribution is 2.27. The zero-order chi connectivity index (χ0) is 18.4. The van der Waals surface area contributed by atoms with Gasteiger partial charge in [-0.1, -0.05) is 61.7 Å². The van der Waals surface area contributed by atoms with Gasteiger partial charge in [0.2, 0.25) is 5.91 Å². The quantitative estimate of drug-likeness (QED) is 0.756. The van der Waals surface area contributed by atoms with Crippen LogP contribution in [0.1, 0.15) is 43.2 Å². The summed E-state index contributed by atoms with van der Waals surface area (Å²) in [5.74, 6) is 0.884. The lowest BCUT2D eigenvalue weighted by Gasteiger charge is -2.31. The van der Waals surface area contributed by atoms with Crippen molar-refractivity contribution in [3.8, 4) is 0 Å². The second-order valence-electron chi connectivity index (χ2n) is 7.09. The Morgan fingerprint density at radius 2 is 1.59 bits per heavy atom. The molecule has 0 bridgehead atoms. The first kappa shape index (κ1) is 21.6. The van der Waals surface area contributed by atoms with Gasteiger partial charge in [-0.25, -0.2) is 0 Å². The van der Waals surface area contributed by atoms with Crippen LogP contribution in [-0.2, 0) is 27.1 Å². The molecule has 0 radical (unpaired) electrons. The number of amides is 1. The van der Waals surface area contributed by atoms with Crippen molar-refractivity contribution in [2.45, 2.75) is 49.1 Å². The maximum atomic E-state index is 12.6. The topological polar surface area (TPSA) is 72.2 Å². The lowest BCUT2D eigenvalue weighted by molar-refractivity contribution is -0.122. The molecular weight excluding hydrogens is 380 g/mol. The van der Waals surface area contributed by atoms with E-state index in [0.717, 1.165) is 48.9 Å². The summed E-state index contributed by atoms with van der Waals surface area (Å²) >= 11 is 0. The highest BCUT2D eigenvalue weighted by Gasteiger charge is 2.35. The number of hydrogen-bond donors (Lipinski definition) is 2. The Hall–Kier alpha value is -1.69. The first-order chi connectivity index (χ1) is 12.5. The molecule has 6 heteroatoms. The molecule has 0 spiro atoms. The van der Waals surface area contributed by atoms with Gasteiger partial charge in [-0.05, 0) is 36.1 Å². The summed E-state index contributed by atoms with van der Waals surface area (Å²) in [6.45, 7) is 0. The molecule has 3 N–H and O–H groups in total. The number of halogens is 1. The molecular formula is C21H27ClN2O2S. The molecule has 146 valence electrons. The van der Waals surface area contributed by atoms with Crippen LogP contribution in [-0.4, -0.2) is 15.7 Å². The highest BCUT2D eigenvalue weighted by molar-refractivity contribution is 7.83. The van der Waals surface area contributed by atoms with E-state index < -0.39 is 16.3 Å². The number of carbonyl (C=O) groups excluding carboxylic acids is 1. The minimum absolute atomic E-state index is 0. The van der Waals surface area contributed by atoms with Gasteiger partial charge in [-0.15, -0.1) is 12.4 Å². The smallest absolute Gasteiger partial charge is 0.244 e. The third kappa shape index (κ3) is 6.16. The lowest BCUT2D eigenvalue weighted by Crippen LogP contribution is -2.52. The molecule has 2 aromatic rings. The van der Waals surface area contributed by atoms with E-state index in [0.29, 0.717) is 11.5 Å². The second kappa shape index (κ2) is 10.0. The van der Waals surface area contributed by atoms with Gasteiger partial charge in [0.05, 0.1) is 5.54 Å². The first-order valence-electron chi connectivity index (χ1n) is 9.13. The van der Waals surface area contributed by atoms with Gasteiger partial charge in [-0.3, -0.25) is 9.00 Å². The Kier molecular flexibility index (Phi) is 8.02. The third-order valence-corrected chi connectivity index (χ3v) is 6.19. The number of anilines is 1. The van der Waals surface area contributed by atoms with E-state index in [1.54, 1.807) is 0 Å². The van der Waals surface area contributed by atoms with Crippen LogP contribution in [0.3, 0.4) is 0 Å². The van der Waals surface area contributed by atoms with E-state index in [4.69, 9.17) is 5.73 Å². The fourth-order valence-electron chi connectivity index (χ4n) is 3.40. The van der Waals surface area contributed by atoms with Gasteiger partial charge in [0.25, 0.3) is 0 Å². The fraction of sp³-hybridized carbons (Fsp3) is 0.381. The predicted molar refractivity (Wildman–Crippen MR) is 114 cm³/mol. The molecule has 1 fully saturated rings. The van der Waals surface area contributed by atoms with Crippen molar-refractivity contribution < 1.29 is 9.00 Å². The number of benzene rings is 2. The monoisotopic (exact) mass is 406 g/mol. The average molecular weight is 407 g/mol. The predicted octanol–water partition coefficient (Wildman–Crippen LogP) is 4.16. The summed E-state index contributed by atoms with van der Waals surface area (Å²) < 4.78 is 12.4. The van der Waals surface area contributed by atoms with Crippen LogP contribution >= 0.6 is 12.4 Å². The molecule has 0 aromatic heterocycles. The van der Waals surface area contributed by atoms with Crippen molar-refractivity contribution in [1.82, 2.24) is 0 Å². The molecule has 27 heavy (non-hydrogen) atoms. The van der Waals surface area contributed by atoms with Gasteiger partial charge in [0, 0.05) is 28.0 Å². The highest BCUT2D eigenvalue weighted by atomic mass is 35.5. The van der Waals surface area contributed by atoms with Crippen LogP contribution in [0.4, 0.5) is 5.69 Å². The first-order valence-corrected chi connectivity index (χ1v) is 10.6. The Morgan fingerprint density at radius 3 is 2.30 bits per heavy atom. The summed E-state index contributed by atoms with van der Waals surface area (Å²) in [5.41, 5.74) is 8.27. The molecule has 1 atom stereocenters. The van der Waals surface area contributed by atoms with E-state index in [1.807, 2.05) is 54.6 Å². The summed E-state index contributed by atoms with van der Waals surface area (Å²) in [6, 6.07) is 17.4. The zero-order valence-electron chi connectivity index (χ0n) is 15.4. The van der Waals surface area contributed by atoms with Crippen LogP contribution in [0.15, 0.2) is 54.6 Å². The van der Waals surface area contributed by atoms with E-state index >= 15 is 0 Å². The van der Waals surface area contributed by atoms with Crippen LogP contribution < -0.4 is 11.1 Å². The van der Waals surface area contributed by atoms with E-state index in [-0.39, 0.29) is 18.3 Å². The molecule has 1 aliphatic rings. The largest absolute Gasteiger partial charge is 0.324 e. The maximum absolute atomic E-state index is 12.6. The molecule has 4 nitrogen and oxygen atoms in total. The number of hydrogen-bond acceptors (Lipinski definition) is 3. The number of nitrogens with one attached hydrogen (secondary N) is 1. The van der Waals surface area contributed by atoms with Crippen molar-refractivity contribution in [3.05, 3.63) is 65.7 Å². The standard InChI is InChI=1S/C21H26N2O2S.ClH/c22-21(12-5-2-6-13-21)20(24)23-19-11-7-10-18(14-19)16-26(25)15-17-8-3-1-4-9-17;/h1,3-4,7-11,14H,2,5-6,12-13,15-16,22H2,(H,23,24);1H. The third-order valence-electron chi connectivity index (χ3n) is 4.88. The van der Waals surface area contributed by atoms with Crippen molar-refractivity contribution in [2.75, 3.05) is 5.32 Å². The summed E-state index contributed by atoms with van der Waals surface area (Å²) in [4.78, 5) is 12.6. The Morgan fingerprint density at radius 1 is 0.963 bits per heavy atom. The summed E-state index contributed by atoms with van der Waals surface area (Å²) in [6.07, 6.45) is 4.62. The maximum Gasteiger partial charge on any atom is 0.244 e. The Balaban J connectivity index is 0.00000261. The van der Waals surface area contributed by atoms with Crippen LogP contribution in [0.2, 0.25) is 0 Å². The van der Waals surface area contributed by atoms with E-state index in [2.05, 4.69) is 5.32 Å². The Labute approximate surface area is 169 Å². The minimum atomic E-state index is -0.993. The van der Waals surface area contributed by atoms with Crippen molar-refractivity contribution in [2.24, 2.45) is 5.73 Å². The molecule has 1 aliphatic carbocycles. The Bertz CT molecular complexity index is 777. The molecule has 0 saturated heterocycles. The molecule has 0 aliphatic heterocycles. The van der Waals surface area contributed by atoms with Gasteiger partial charge in [0.15, 0.2) is 0 Å². The van der Waals surface area contributed by atoms with Crippen molar-refractivity contribution >= 4 is 34.8 Å². The molecule has 3 rings (SSSR count). The number of rotatable bonds is 6. The normalized spacial score (nSPS) is 16.8. The molecule has 1 unspecified atom stereocenters. The summed E-state index contributed by atoms with van der Waals surface area (Å²) in [5, 5.41) is 2.95. The molecule has 2 aromatic carbocycles. The fourth-order valence-corrected chi connectivity index (χ4v) is 4.62.